The van der Waals surface area contributed by atoms with Crippen molar-refractivity contribution in [3.8, 4) is 0 Å². The number of nitrogens with one attached hydrogen (secondary N) is 1. The van der Waals surface area contributed by atoms with E-state index in [-0.39, 0.29) is 12.0 Å². The summed E-state index contributed by atoms with van der Waals surface area (Å²) in [5, 5.41) is 12.6. The smallest absolute Gasteiger partial charge is 0.251 e. The second-order valence-electron chi connectivity index (χ2n) is 7.52. The molecule has 0 saturated carbocycles. The van der Waals surface area contributed by atoms with Crippen molar-refractivity contribution in [3.63, 3.8) is 0 Å². The van der Waals surface area contributed by atoms with Gasteiger partial charge in [-0.15, -0.1) is 0 Å². The molecule has 1 aliphatic rings. The van der Waals surface area contributed by atoms with Crippen LogP contribution in [0.15, 0.2) is 48.5 Å². The first kappa shape index (κ1) is 22.3. The normalized spacial score (nSPS) is 14.7. The number of rotatable bonds is 10. The molecule has 162 valence electrons. The lowest BCUT2D eigenvalue weighted by Crippen LogP contribution is -2.35. The number of nitrogens with zero attached hydrogens (tertiary/aromatic N) is 1. The molecule has 6 nitrogen and oxygen atoms in total. The molecule has 2 aromatic carbocycles. The van der Waals surface area contributed by atoms with Crippen LogP contribution < -0.4 is 10.2 Å². The van der Waals surface area contributed by atoms with E-state index in [2.05, 4.69) is 16.3 Å². The number of anilines is 1. The number of aliphatic hydroxyl groups excluding tert-OH is 1. The van der Waals surface area contributed by atoms with Crippen molar-refractivity contribution < 1.29 is 19.4 Å². The average Bonchev–Trinajstić information content (AvgIpc) is 2.78. The standard InChI is InChI=1S/C24H32N2O4/c1-2-29-14-15-30-18-20-5-3-4-19(16-20)17-25-24(28)21-6-8-22(9-7-21)26-12-10-23(27)11-13-26/h3-9,16,23,27H,2,10-15,17-18H2,1H3,(H,25,28). The number of carbonyl (C=O) groups is 1. The minimum Gasteiger partial charge on any atom is -0.393 e. The van der Waals surface area contributed by atoms with Crippen LogP contribution in [0, 0.1) is 0 Å². The van der Waals surface area contributed by atoms with Gasteiger partial charge in [-0.1, -0.05) is 24.3 Å². The summed E-state index contributed by atoms with van der Waals surface area (Å²) >= 11 is 0. The number of benzene rings is 2. The molecule has 1 aliphatic heterocycles. The summed E-state index contributed by atoms with van der Waals surface area (Å²) in [6.07, 6.45) is 1.39. The second-order valence-corrected chi connectivity index (χ2v) is 7.52. The fourth-order valence-electron chi connectivity index (χ4n) is 3.51. The fraction of sp³-hybridized carbons (Fsp3) is 0.458. The van der Waals surface area contributed by atoms with Gasteiger partial charge in [-0.05, 0) is 55.2 Å². The Hall–Kier alpha value is -2.41. The zero-order valence-electron chi connectivity index (χ0n) is 17.7. The zero-order chi connectivity index (χ0) is 21.2. The highest BCUT2D eigenvalue weighted by Crippen LogP contribution is 2.20. The van der Waals surface area contributed by atoms with Gasteiger partial charge in [0, 0.05) is 37.5 Å². The molecule has 0 aromatic heterocycles. The third-order valence-electron chi connectivity index (χ3n) is 5.25. The van der Waals surface area contributed by atoms with Gasteiger partial charge in [-0.2, -0.15) is 0 Å². The Kier molecular flexibility index (Phi) is 8.68. The number of carbonyl (C=O) groups excluding carboxylic acids is 1. The van der Waals surface area contributed by atoms with Gasteiger partial charge >= 0.3 is 0 Å². The van der Waals surface area contributed by atoms with Crippen LogP contribution in [0.25, 0.3) is 0 Å². The lowest BCUT2D eigenvalue weighted by atomic mass is 10.1. The molecule has 2 aromatic rings. The van der Waals surface area contributed by atoms with Gasteiger partial charge in [0.05, 0.1) is 25.9 Å². The summed E-state index contributed by atoms with van der Waals surface area (Å²) in [6.45, 7) is 6.53. The fourth-order valence-corrected chi connectivity index (χ4v) is 3.51. The molecule has 1 heterocycles. The van der Waals surface area contributed by atoms with Crippen molar-refractivity contribution in [1.82, 2.24) is 5.32 Å². The number of piperidine rings is 1. The lowest BCUT2D eigenvalue weighted by molar-refractivity contribution is 0.0453. The number of amides is 1. The van der Waals surface area contributed by atoms with Gasteiger partial charge in [0.25, 0.3) is 5.91 Å². The average molecular weight is 413 g/mol. The summed E-state index contributed by atoms with van der Waals surface area (Å²) in [7, 11) is 0. The van der Waals surface area contributed by atoms with E-state index < -0.39 is 0 Å². The van der Waals surface area contributed by atoms with Gasteiger partial charge in [-0.3, -0.25) is 4.79 Å². The van der Waals surface area contributed by atoms with E-state index in [0.29, 0.717) is 38.5 Å². The molecule has 30 heavy (non-hydrogen) atoms. The molecule has 0 spiro atoms. The highest BCUT2D eigenvalue weighted by Gasteiger charge is 2.17. The Morgan fingerprint density at radius 3 is 2.50 bits per heavy atom. The van der Waals surface area contributed by atoms with Crippen LogP contribution in [0.5, 0.6) is 0 Å². The second kappa shape index (κ2) is 11.7. The minimum atomic E-state index is -0.188. The van der Waals surface area contributed by atoms with Crippen molar-refractivity contribution in [2.24, 2.45) is 0 Å². The molecule has 0 atom stereocenters. The summed E-state index contributed by atoms with van der Waals surface area (Å²) < 4.78 is 10.9. The first-order chi connectivity index (χ1) is 14.7. The maximum atomic E-state index is 12.5. The maximum absolute atomic E-state index is 12.5. The van der Waals surface area contributed by atoms with Crippen LogP contribution in [-0.2, 0) is 22.6 Å². The molecule has 1 saturated heterocycles. The molecule has 2 N–H and O–H groups in total. The van der Waals surface area contributed by atoms with Crippen LogP contribution in [-0.4, -0.2) is 50.0 Å². The summed E-state index contributed by atoms with van der Waals surface area (Å²) in [6, 6.07) is 15.7. The summed E-state index contributed by atoms with van der Waals surface area (Å²) in [5.41, 5.74) is 3.86. The van der Waals surface area contributed by atoms with E-state index in [1.807, 2.05) is 49.4 Å². The largest absolute Gasteiger partial charge is 0.393 e. The molecule has 0 unspecified atom stereocenters. The Bertz CT molecular complexity index is 786. The first-order valence-corrected chi connectivity index (χ1v) is 10.7. The molecule has 1 fully saturated rings. The maximum Gasteiger partial charge on any atom is 0.251 e. The summed E-state index contributed by atoms with van der Waals surface area (Å²) in [5.74, 6) is -0.0889. The van der Waals surface area contributed by atoms with E-state index in [9.17, 15) is 9.90 Å². The van der Waals surface area contributed by atoms with Crippen molar-refractivity contribution in [1.29, 1.82) is 0 Å². The molecular weight excluding hydrogens is 380 g/mol. The molecule has 0 aliphatic carbocycles. The molecule has 1 amide bonds. The van der Waals surface area contributed by atoms with Crippen LogP contribution in [0.4, 0.5) is 5.69 Å². The van der Waals surface area contributed by atoms with E-state index in [1.54, 1.807) is 0 Å². The topological polar surface area (TPSA) is 71.0 Å². The number of hydrogen-bond acceptors (Lipinski definition) is 5. The Morgan fingerprint density at radius 2 is 1.77 bits per heavy atom. The molecule has 6 heteroatoms. The van der Waals surface area contributed by atoms with E-state index in [0.717, 1.165) is 42.7 Å². The predicted molar refractivity (Wildman–Crippen MR) is 118 cm³/mol. The molecule has 0 radical (unpaired) electrons. The van der Waals surface area contributed by atoms with E-state index >= 15 is 0 Å². The van der Waals surface area contributed by atoms with Crippen molar-refractivity contribution in [2.75, 3.05) is 37.8 Å². The third kappa shape index (κ3) is 6.83. The highest BCUT2D eigenvalue weighted by molar-refractivity contribution is 5.94. The van der Waals surface area contributed by atoms with Crippen LogP contribution in [0.3, 0.4) is 0 Å². The number of hydrogen-bond donors (Lipinski definition) is 2. The first-order valence-electron chi connectivity index (χ1n) is 10.7. The highest BCUT2D eigenvalue weighted by atomic mass is 16.5. The van der Waals surface area contributed by atoms with E-state index in [4.69, 9.17) is 9.47 Å². The zero-order valence-corrected chi connectivity index (χ0v) is 17.7. The van der Waals surface area contributed by atoms with Gasteiger partial charge in [0.1, 0.15) is 0 Å². The van der Waals surface area contributed by atoms with Gasteiger partial charge in [0.15, 0.2) is 0 Å². The molecule has 3 rings (SSSR count). The van der Waals surface area contributed by atoms with Gasteiger partial charge in [0.2, 0.25) is 0 Å². The summed E-state index contributed by atoms with van der Waals surface area (Å²) in [4.78, 5) is 14.8. The van der Waals surface area contributed by atoms with Crippen LogP contribution >= 0.6 is 0 Å². The SMILES string of the molecule is CCOCCOCc1cccc(CNC(=O)c2ccc(N3CCC(O)CC3)cc2)c1. The van der Waals surface area contributed by atoms with Crippen LogP contribution in [0.1, 0.15) is 41.3 Å². The predicted octanol–water partition coefficient (Wildman–Crippen LogP) is 3.13. The molecular formula is C24H32N2O4. The van der Waals surface area contributed by atoms with Crippen LogP contribution in [0.2, 0.25) is 0 Å². The van der Waals surface area contributed by atoms with Crippen molar-refractivity contribution in [2.45, 2.75) is 39.0 Å². The van der Waals surface area contributed by atoms with Crippen molar-refractivity contribution >= 4 is 11.6 Å². The molecule has 0 bridgehead atoms. The van der Waals surface area contributed by atoms with Gasteiger partial charge < -0.3 is 24.8 Å². The third-order valence-corrected chi connectivity index (χ3v) is 5.25. The Balaban J connectivity index is 1.46. The Morgan fingerprint density at radius 1 is 1.07 bits per heavy atom. The van der Waals surface area contributed by atoms with Crippen molar-refractivity contribution in [3.05, 3.63) is 65.2 Å². The minimum absolute atomic E-state index is 0.0889. The Labute approximate surface area is 178 Å². The number of aliphatic hydroxyl groups is 1. The van der Waals surface area contributed by atoms with Gasteiger partial charge in [-0.25, -0.2) is 0 Å². The van der Waals surface area contributed by atoms with E-state index in [1.165, 1.54) is 0 Å². The number of ether oxygens (including phenoxy) is 2. The monoisotopic (exact) mass is 412 g/mol. The quantitative estimate of drug-likeness (QED) is 0.587. The lowest BCUT2D eigenvalue weighted by Gasteiger charge is -2.31.